The molecule has 1 aliphatic rings. The largest absolute Gasteiger partial charge is 0.314 e. The summed E-state index contributed by atoms with van der Waals surface area (Å²) in [6, 6.07) is 0. The molecule has 0 aromatic rings. The van der Waals surface area contributed by atoms with Gasteiger partial charge in [-0.25, -0.2) is 0 Å². The molecule has 0 aromatic heterocycles. The summed E-state index contributed by atoms with van der Waals surface area (Å²) in [7, 11) is 1.38. The van der Waals surface area contributed by atoms with E-state index >= 15 is 0 Å². The molecule has 1 rings (SSSR count). The quantitative estimate of drug-likeness (QED) is 0.570. The maximum atomic E-state index is 10.9. The smallest absolute Gasteiger partial charge is 0.0415 e. The topological polar surface area (TPSA) is 29.1 Å². The molecule has 0 radical (unpaired) electrons. The first-order chi connectivity index (χ1) is 4.16. The second-order valence-electron chi connectivity index (χ2n) is 2.85. The van der Waals surface area contributed by atoms with E-state index in [4.69, 9.17) is 0 Å². The third kappa shape index (κ3) is 1.52. The van der Waals surface area contributed by atoms with Crippen LogP contribution in [0.1, 0.15) is 13.3 Å². The fourth-order valence-corrected chi connectivity index (χ4v) is 2.86. The van der Waals surface area contributed by atoms with Crippen LogP contribution in [-0.2, 0) is 10.8 Å². The number of hydrogen-bond acceptors (Lipinski definition) is 2. The molecule has 0 saturated carbocycles. The van der Waals surface area contributed by atoms with Crippen LogP contribution in [0, 0.1) is 0 Å². The molecule has 2 nitrogen and oxygen atoms in total. The second kappa shape index (κ2) is 2.39. The van der Waals surface area contributed by atoms with Crippen LogP contribution in [-0.4, -0.2) is 28.3 Å². The molecule has 1 saturated heterocycles. The molecule has 0 aliphatic carbocycles. The predicted molar refractivity (Wildman–Crippen MR) is 40.0 cm³/mol. The Morgan fingerprint density at radius 3 is 2.56 bits per heavy atom. The first kappa shape index (κ1) is 7.22. The van der Waals surface area contributed by atoms with Gasteiger partial charge in [0, 0.05) is 27.8 Å². The van der Waals surface area contributed by atoms with E-state index in [0.29, 0.717) is 0 Å². The first-order valence-corrected chi connectivity index (χ1v) is 4.69. The molecule has 0 aromatic carbocycles. The summed E-state index contributed by atoms with van der Waals surface area (Å²) in [5.74, 6) is 1.70. The standard InChI is InChI=1S/C6H13NOS/c1-6(7-2)3-4-9(8)5-6/h7H,3-5H2,1-2H3. The van der Waals surface area contributed by atoms with Gasteiger partial charge in [0.15, 0.2) is 0 Å². The monoisotopic (exact) mass is 147 g/mol. The molecule has 1 heterocycles. The van der Waals surface area contributed by atoms with Crippen LogP contribution in [0.5, 0.6) is 0 Å². The van der Waals surface area contributed by atoms with Crippen molar-refractivity contribution >= 4 is 10.8 Å². The van der Waals surface area contributed by atoms with E-state index in [0.717, 1.165) is 17.9 Å². The van der Waals surface area contributed by atoms with Gasteiger partial charge >= 0.3 is 0 Å². The molecule has 0 bridgehead atoms. The van der Waals surface area contributed by atoms with Crippen LogP contribution >= 0.6 is 0 Å². The second-order valence-corrected chi connectivity index (χ2v) is 4.43. The van der Waals surface area contributed by atoms with E-state index in [1.54, 1.807) is 0 Å². The highest BCUT2D eigenvalue weighted by molar-refractivity contribution is 7.85. The van der Waals surface area contributed by atoms with Crippen molar-refractivity contribution in [3.63, 3.8) is 0 Å². The Morgan fingerprint density at radius 1 is 1.67 bits per heavy atom. The Hall–Kier alpha value is 0.110. The maximum absolute atomic E-state index is 10.9. The van der Waals surface area contributed by atoms with Gasteiger partial charge in [0.05, 0.1) is 0 Å². The van der Waals surface area contributed by atoms with Crippen LogP contribution < -0.4 is 5.32 Å². The van der Waals surface area contributed by atoms with Crippen LogP contribution in [0.25, 0.3) is 0 Å². The van der Waals surface area contributed by atoms with Gasteiger partial charge in [-0.2, -0.15) is 0 Å². The molecule has 3 heteroatoms. The molecule has 1 aliphatic heterocycles. The summed E-state index contributed by atoms with van der Waals surface area (Å²) < 4.78 is 10.9. The minimum absolute atomic E-state index is 0.158. The van der Waals surface area contributed by atoms with Crippen LogP contribution in [0.15, 0.2) is 0 Å². The van der Waals surface area contributed by atoms with Gasteiger partial charge in [-0.15, -0.1) is 0 Å². The predicted octanol–water partition coefficient (Wildman–Crippen LogP) is 0.117. The third-order valence-corrected chi connectivity index (χ3v) is 3.58. The fourth-order valence-electron chi connectivity index (χ4n) is 1.04. The highest BCUT2D eigenvalue weighted by Gasteiger charge is 2.31. The van der Waals surface area contributed by atoms with Gasteiger partial charge in [0.1, 0.15) is 0 Å². The van der Waals surface area contributed by atoms with Gasteiger partial charge in [-0.05, 0) is 20.4 Å². The van der Waals surface area contributed by atoms with Gasteiger partial charge in [0.25, 0.3) is 0 Å². The number of nitrogens with one attached hydrogen (secondary N) is 1. The lowest BCUT2D eigenvalue weighted by molar-refractivity contribution is 0.436. The molecular formula is C6H13NOS. The maximum Gasteiger partial charge on any atom is 0.0415 e. The number of hydrogen-bond donors (Lipinski definition) is 1. The van der Waals surface area contributed by atoms with E-state index in [2.05, 4.69) is 12.2 Å². The van der Waals surface area contributed by atoms with E-state index in [1.807, 2.05) is 7.05 Å². The van der Waals surface area contributed by atoms with Crippen molar-refractivity contribution in [2.45, 2.75) is 18.9 Å². The average molecular weight is 147 g/mol. The summed E-state index contributed by atoms with van der Waals surface area (Å²) in [6.07, 6.45) is 1.05. The molecule has 2 atom stereocenters. The highest BCUT2D eigenvalue weighted by Crippen LogP contribution is 2.18. The van der Waals surface area contributed by atoms with Crippen molar-refractivity contribution in [2.24, 2.45) is 0 Å². The lowest BCUT2D eigenvalue weighted by Crippen LogP contribution is -2.40. The minimum Gasteiger partial charge on any atom is -0.314 e. The Labute approximate surface area is 58.5 Å². The zero-order valence-electron chi connectivity index (χ0n) is 5.94. The van der Waals surface area contributed by atoms with E-state index in [1.165, 1.54) is 0 Å². The van der Waals surface area contributed by atoms with Crippen LogP contribution in [0.3, 0.4) is 0 Å². The van der Waals surface area contributed by atoms with Crippen molar-refractivity contribution in [2.75, 3.05) is 18.6 Å². The van der Waals surface area contributed by atoms with Gasteiger partial charge < -0.3 is 5.32 Å². The van der Waals surface area contributed by atoms with E-state index < -0.39 is 10.8 Å². The molecule has 9 heavy (non-hydrogen) atoms. The summed E-state index contributed by atoms with van der Waals surface area (Å²) in [5, 5.41) is 3.18. The lowest BCUT2D eigenvalue weighted by atomic mass is 10.0. The molecule has 54 valence electrons. The molecule has 1 N–H and O–H groups in total. The van der Waals surface area contributed by atoms with Crippen LogP contribution in [0.2, 0.25) is 0 Å². The Kier molecular flexibility index (Phi) is 1.91. The van der Waals surface area contributed by atoms with Gasteiger partial charge in [-0.1, -0.05) is 0 Å². The van der Waals surface area contributed by atoms with E-state index in [9.17, 15) is 4.21 Å². The molecule has 1 fully saturated rings. The Bertz CT molecular complexity index is 137. The number of rotatable bonds is 1. The van der Waals surface area contributed by atoms with E-state index in [-0.39, 0.29) is 5.54 Å². The van der Waals surface area contributed by atoms with Gasteiger partial charge in [-0.3, -0.25) is 4.21 Å². The van der Waals surface area contributed by atoms with Crippen molar-refractivity contribution in [3.8, 4) is 0 Å². The zero-order valence-corrected chi connectivity index (χ0v) is 6.75. The molecule has 0 amide bonds. The third-order valence-electron chi connectivity index (χ3n) is 1.96. The SMILES string of the molecule is CNC1(C)CCS(=O)C1. The minimum atomic E-state index is -0.555. The zero-order chi connectivity index (χ0) is 6.91. The summed E-state index contributed by atoms with van der Waals surface area (Å²) in [4.78, 5) is 0. The van der Waals surface area contributed by atoms with Crippen molar-refractivity contribution in [1.82, 2.24) is 5.32 Å². The van der Waals surface area contributed by atoms with Crippen LogP contribution in [0.4, 0.5) is 0 Å². The Morgan fingerprint density at radius 2 is 2.33 bits per heavy atom. The van der Waals surface area contributed by atoms with Gasteiger partial charge in [0.2, 0.25) is 0 Å². The molecule has 2 unspecified atom stereocenters. The van der Waals surface area contributed by atoms with Crippen molar-refractivity contribution in [3.05, 3.63) is 0 Å². The lowest BCUT2D eigenvalue weighted by Gasteiger charge is -2.20. The molecule has 0 spiro atoms. The fraction of sp³-hybridized carbons (Fsp3) is 1.00. The summed E-state index contributed by atoms with van der Waals surface area (Å²) in [5.41, 5.74) is 0.158. The Balaban J connectivity index is 2.54. The average Bonchev–Trinajstić information content (AvgIpc) is 2.13. The van der Waals surface area contributed by atoms with Crippen molar-refractivity contribution < 1.29 is 4.21 Å². The molecular weight excluding hydrogens is 134 g/mol. The first-order valence-electron chi connectivity index (χ1n) is 3.20. The van der Waals surface area contributed by atoms with Crippen molar-refractivity contribution in [1.29, 1.82) is 0 Å². The summed E-state index contributed by atoms with van der Waals surface area (Å²) in [6.45, 7) is 2.12. The normalized spacial score (nSPS) is 43.6. The summed E-state index contributed by atoms with van der Waals surface area (Å²) >= 11 is 0. The highest BCUT2D eigenvalue weighted by atomic mass is 32.2.